The number of ether oxygens (including phenoxy) is 1. The Balaban J connectivity index is 2.28. The fourth-order valence-electron chi connectivity index (χ4n) is 1.74. The molecule has 0 spiro atoms. The van der Waals surface area contributed by atoms with Crippen LogP contribution in [0.2, 0.25) is 0 Å². The van der Waals surface area contributed by atoms with Gasteiger partial charge in [0, 0.05) is 52.6 Å². The van der Waals surface area contributed by atoms with Crippen LogP contribution in [0.25, 0.3) is 0 Å². The van der Waals surface area contributed by atoms with E-state index in [-0.39, 0.29) is 12.5 Å². The van der Waals surface area contributed by atoms with Gasteiger partial charge < -0.3 is 20.3 Å². The van der Waals surface area contributed by atoms with E-state index in [1.807, 2.05) is 18.2 Å². The van der Waals surface area contributed by atoms with Gasteiger partial charge in [0.1, 0.15) is 0 Å². The Hall–Kier alpha value is -2.15. The van der Waals surface area contributed by atoms with Crippen molar-refractivity contribution in [3.63, 3.8) is 0 Å². The first-order valence-corrected chi connectivity index (χ1v) is 7.24. The molecular formula is C15H25N5O2. The minimum atomic E-state index is 0.00521. The molecule has 22 heavy (non-hydrogen) atoms. The molecule has 0 aliphatic heterocycles. The van der Waals surface area contributed by atoms with E-state index in [4.69, 9.17) is 4.74 Å². The Bertz CT molecular complexity index is 464. The normalized spacial score (nSPS) is 11.1. The van der Waals surface area contributed by atoms with Crippen molar-refractivity contribution in [3.8, 4) is 0 Å². The van der Waals surface area contributed by atoms with Crippen LogP contribution in [-0.2, 0) is 16.0 Å². The third-order valence-corrected chi connectivity index (χ3v) is 3.08. The van der Waals surface area contributed by atoms with Crippen LogP contribution in [0.4, 0.5) is 0 Å². The molecule has 0 radical (unpaired) electrons. The zero-order valence-electron chi connectivity index (χ0n) is 13.5. The van der Waals surface area contributed by atoms with Crippen molar-refractivity contribution >= 4 is 11.9 Å². The second kappa shape index (κ2) is 10.6. The van der Waals surface area contributed by atoms with Gasteiger partial charge in [0.15, 0.2) is 5.96 Å². The molecule has 1 rings (SSSR count). The number of aliphatic imine (C=N–C) groups is 1. The number of hydrogen-bond donors (Lipinski definition) is 2. The van der Waals surface area contributed by atoms with Crippen molar-refractivity contribution in [1.82, 2.24) is 20.5 Å². The SMILES string of the molecule is CN=C(NCCOC)NCC(=O)N(C)CCc1ccccn1. The van der Waals surface area contributed by atoms with E-state index in [0.29, 0.717) is 25.7 Å². The van der Waals surface area contributed by atoms with Crippen LogP contribution in [0, 0.1) is 0 Å². The largest absolute Gasteiger partial charge is 0.383 e. The Kier molecular flexibility index (Phi) is 8.59. The second-order valence-electron chi connectivity index (χ2n) is 4.73. The highest BCUT2D eigenvalue weighted by molar-refractivity contribution is 5.86. The van der Waals surface area contributed by atoms with Crippen molar-refractivity contribution < 1.29 is 9.53 Å². The molecule has 0 saturated carbocycles. The molecule has 0 unspecified atom stereocenters. The highest BCUT2D eigenvalue weighted by Gasteiger charge is 2.09. The van der Waals surface area contributed by atoms with E-state index in [1.54, 1.807) is 32.3 Å². The number of guanidine groups is 1. The lowest BCUT2D eigenvalue weighted by atomic mass is 10.2. The second-order valence-corrected chi connectivity index (χ2v) is 4.73. The molecule has 1 amide bonds. The minimum absolute atomic E-state index is 0.00521. The Morgan fingerprint density at radius 2 is 2.23 bits per heavy atom. The van der Waals surface area contributed by atoms with Crippen LogP contribution in [-0.4, -0.2) is 69.2 Å². The van der Waals surface area contributed by atoms with Gasteiger partial charge in [-0.05, 0) is 12.1 Å². The zero-order valence-corrected chi connectivity index (χ0v) is 13.5. The lowest BCUT2D eigenvalue weighted by molar-refractivity contribution is -0.128. The van der Waals surface area contributed by atoms with Gasteiger partial charge in [-0.1, -0.05) is 6.07 Å². The van der Waals surface area contributed by atoms with Crippen molar-refractivity contribution in [2.75, 3.05) is 47.4 Å². The predicted octanol–water partition coefficient (Wildman–Crippen LogP) is -0.106. The summed E-state index contributed by atoms with van der Waals surface area (Å²) < 4.78 is 4.95. The summed E-state index contributed by atoms with van der Waals surface area (Å²) in [5.41, 5.74) is 0.979. The lowest BCUT2D eigenvalue weighted by Gasteiger charge is -2.18. The standard InChI is InChI=1S/C15H25N5O2/c1-16-15(18-9-11-22-3)19-12-14(21)20(2)10-7-13-6-4-5-8-17-13/h4-6,8H,7,9-12H2,1-3H3,(H2,16,18,19). The van der Waals surface area contributed by atoms with Crippen LogP contribution in [0.3, 0.4) is 0 Å². The fraction of sp³-hybridized carbons (Fsp3) is 0.533. The van der Waals surface area contributed by atoms with Crippen LogP contribution >= 0.6 is 0 Å². The van der Waals surface area contributed by atoms with Gasteiger partial charge in [-0.2, -0.15) is 0 Å². The monoisotopic (exact) mass is 307 g/mol. The third-order valence-electron chi connectivity index (χ3n) is 3.08. The quantitative estimate of drug-likeness (QED) is 0.398. The number of carbonyl (C=O) groups is 1. The van der Waals surface area contributed by atoms with Gasteiger partial charge in [-0.3, -0.25) is 14.8 Å². The van der Waals surface area contributed by atoms with Crippen LogP contribution in [0.1, 0.15) is 5.69 Å². The molecule has 7 nitrogen and oxygen atoms in total. The number of methoxy groups -OCH3 is 1. The molecule has 0 aliphatic carbocycles. The summed E-state index contributed by atoms with van der Waals surface area (Å²) >= 11 is 0. The summed E-state index contributed by atoms with van der Waals surface area (Å²) in [7, 11) is 5.09. The third kappa shape index (κ3) is 7.03. The minimum Gasteiger partial charge on any atom is -0.383 e. The molecule has 2 N–H and O–H groups in total. The first-order chi connectivity index (χ1) is 10.7. The fourth-order valence-corrected chi connectivity index (χ4v) is 1.74. The van der Waals surface area contributed by atoms with Crippen molar-refractivity contribution in [2.24, 2.45) is 4.99 Å². The van der Waals surface area contributed by atoms with Crippen molar-refractivity contribution in [2.45, 2.75) is 6.42 Å². The Morgan fingerprint density at radius 3 is 2.86 bits per heavy atom. The average molecular weight is 307 g/mol. The lowest BCUT2D eigenvalue weighted by Crippen LogP contribution is -2.44. The smallest absolute Gasteiger partial charge is 0.241 e. The number of rotatable bonds is 8. The maximum absolute atomic E-state index is 12.1. The summed E-state index contributed by atoms with van der Waals surface area (Å²) in [4.78, 5) is 22.0. The number of aromatic nitrogens is 1. The summed E-state index contributed by atoms with van der Waals surface area (Å²) in [6.45, 7) is 2.05. The molecule has 0 aromatic carbocycles. The molecule has 0 aliphatic rings. The predicted molar refractivity (Wildman–Crippen MR) is 86.8 cm³/mol. The van der Waals surface area contributed by atoms with Crippen LogP contribution in [0.15, 0.2) is 29.4 Å². The van der Waals surface area contributed by atoms with E-state index in [1.165, 1.54) is 0 Å². The number of amides is 1. The molecule has 1 heterocycles. The van der Waals surface area contributed by atoms with Crippen molar-refractivity contribution in [1.29, 1.82) is 0 Å². The highest BCUT2D eigenvalue weighted by Crippen LogP contribution is 1.96. The number of hydrogen-bond acceptors (Lipinski definition) is 4. The van der Waals surface area contributed by atoms with E-state index in [9.17, 15) is 4.79 Å². The topological polar surface area (TPSA) is 78.9 Å². The van der Waals surface area contributed by atoms with Gasteiger partial charge in [-0.25, -0.2) is 0 Å². The maximum Gasteiger partial charge on any atom is 0.241 e. The van der Waals surface area contributed by atoms with Gasteiger partial charge in [0.2, 0.25) is 5.91 Å². The van der Waals surface area contributed by atoms with Gasteiger partial charge in [0.25, 0.3) is 0 Å². The molecule has 1 aromatic heterocycles. The Morgan fingerprint density at radius 1 is 1.41 bits per heavy atom. The number of nitrogens with zero attached hydrogens (tertiary/aromatic N) is 3. The number of carbonyl (C=O) groups excluding carboxylic acids is 1. The van der Waals surface area contributed by atoms with Gasteiger partial charge in [0.05, 0.1) is 13.2 Å². The summed E-state index contributed by atoms with van der Waals surface area (Å²) in [6.07, 6.45) is 2.50. The first-order valence-electron chi connectivity index (χ1n) is 7.24. The number of likely N-dealkylation sites (N-methyl/N-ethyl adjacent to an activating group) is 1. The van der Waals surface area contributed by atoms with Gasteiger partial charge >= 0.3 is 0 Å². The van der Waals surface area contributed by atoms with E-state index < -0.39 is 0 Å². The summed E-state index contributed by atoms with van der Waals surface area (Å²) in [5.74, 6) is 0.592. The van der Waals surface area contributed by atoms with Crippen molar-refractivity contribution in [3.05, 3.63) is 30.1 Å². The summed E-state index contributed by atoms with van der Waals surface area (Å²) in [5, 5.41) is 6.04. The molecule has 1 aromatic rings. The molecule has 0 atom stereocenters. The molecule has 122 valence electrons. The molecule has 0 bridgehead atoms. The van der Waals surface area contributed by atoms with E-state index in [0.717, 1.165) is 12.1 Å². The highest BCUT2D eigenvalue weighted by atomic mass is 16.5. The Labute approximate surface area is 131 Å². The maximum atomic E-state index is 12.1. The molecule has 0 saturated heterocycles. The molecule has 7 heteroatoms. The average Bonchev–Trinajstić information content (AvgIpc) is 2.56. The van der Waals surface area contributed by atoms with E-state index in [2.05, 4.69) is 20.6 Å². The molecule has 0 fully saturated rings. The van der Waals surface area contributed by atoms with E-state index >= 15 is 0 Å². The summed E-state index contributed by atoms with van der Waals surface area (Å²) in [6, 6.07) is 5.78. The molecular weight excluding hydrogens is 282 g/mol. The zero-order chi connectivity index (χ0) is 16.2. The van der Waals surface area contributed by atoms with Crippen LogP contribution < -0.4 is 10.6 Å². The number of nitrogens with one attached hydrogen (secondary N) is 2. The number of pyridine rings is 1. The first kappa shape index (κ1) is 17.9. The van der Waals surface area contributed by atoms with Gasteiger partial charge in [-0.15, -0.1) is 0 Å². The van der Waals surface area contributed by atoms with Crippen LogP contribution in [0.5, 0.6) is 0 Å².